The maximum atomic E-state index is 13.4. The Balaban J connectivity index is 1.16. The number of para-hydroxylation sites is 2. The standard InChI is InChI=1S/C48H36N12O12/c61-55(62)39-29-41(57(65)66)45(47(59(69)70)43(39)49-53(33-17-3-1-4-18-33)37-23-11-15-31-13-7-9-21-35(31)37)51-25-27-52(28-26-51)46-42(58(67)68)30-40(56(63)64)44(48(46)60(71)72)50-54(34-19-5-2-6-20-34)38-24-12-16-32-14-8-10-22-36(32)38/h1-24,29-30,49-50H,25-28H2. The van der Waals surface area contributed by atoms with Gasteiger partial charge in [0.05, 0.1) is 64.4 Å². The molecule has 0 unspecified atom stereocenters. The number of nitro groups is 6. The minimum Gasteiger partial charge on any atom is -0.357 e. The Bertz CT molecular complexity index is 3270. The Hall–Kier alpha value is -10.5. The van der Waals surface area contributed by atoms with Gasteiger partial charge in [-0.3, -0.25) is 81.6 Å². The molecule has 1 saturated heterocycles. The van der Waals surface area contributed by atoms with Gasteiger partial charge in [0.15, 0.2) is 11.4 Å². The SMILES string of the molecule is O=[N+]([O-])c1cc([N+](=O)[O-])c(N2CCN(c3c([N+](=O)[O-])cc([N+](=O)[O-])c(NN(c4ccccc4)c4cccc5ccccc45)c3[N+](=O)[O-])CC2)c([N+](=O)[O-])c1NN(c1ccccc1)c1cccc2ccccc12. The van der Waals surface area contributed by atoms with E-state index in [0.29, 0.717) is 45.7 Å². The average molecular weight is 973 g/mol. The summed E-state index contributed by atoms with van der Waals surface area (Å²) in [5.74, 6) is 0. The average Bonchev–Trinajstić information content (AvgIpc) is 3.38. The molecule has 1 fully saturated rings. The van der Waals surface area contributed by atoms with Crippen LogP contribution in [0.15, 0.2) is 158 Å². The van der Waals surface area contributed by atoms with Crippen LogP contribution in [0, 0.1) is 60.7 Å². The van der Waals surface area contributed by atoms with Gasteiger partial charge in [0, 0.05) is 37.0 Å². The maximum Gasteiger partial charge on any atom is 0.331 e. The fourth-order valence-electron chi connectivity index (χ4n) is 8.89. The van der Waals surface area contributed by atoms with Gasteiger partial charge in [-0.25, -0.2) is 0 Å². The zero-order valence-electron chi connectivity index (χ0n) is 37.2. The molecule has 1 aliphatic heterocycles. The lowest BCUT2D eigenvalue weighted by Crippen LogP contribution is -2.47. The van der Waals surface area contributed by atoms with E-state index in [1.807, 2.05) is 24.3 Å². The highest BCUT2D eigenvalue weighted by Crippen LogP contribution is 2.52. The number of nitrogens with zero attached hydrogens (tertiary/aromatic N) is 10. The molecule has 0 radical (unpaired) electrons. The second kappa shape index (κ2) is 19.2. The Labute approximate surface area is 405 Å². The smallest absolute Gasteiger partial charge is 0.331 e. The molecule has 0 amide bonds. The quantitative estimate of drug-likeness (QED) is 0.0671. The van der Waals surface area contributed by atoms with Crippen LogP contribution in [0.5, 0.6) is 0 Å². The highest BCUT2D eigenvalue weighted by molar-refractivity contribution is 6.00. The number of nitrogens with one attached hydrogen (secondary N) is 2. The highest BCUT2D eigenvalue weighted by atomic mass is 16.7. The number of rotatable bonds is 16. The summed E-state index contributed by atoms with van der Waals surface area (Å²) in [4.78, 5) is 74.4. The number of piperazine rings is 1. The molecule has 72 heavy (non-hydrogen) atoms. The van der Waals surface area contributed by atoms with Gasteiger partial charge in [0.1, 0.15) is 0 Å². The van der Waals surface area contributed by atoms with Gasteiger partial charge in [-0.1, -0.05) is 109 Å². The van der Waals surface area contributed by atoms with E-state index in [9.17, 15) is 60.7 Å². The van der Waals surface area contributed by atoms with Crippen molar-refractivity contribution in [3.05, 3.63) is 218 Å². The summed E-state index contributed by atoms with van der Waals surface area (Å²) in [5, 5.41) is 83.5. The Kier molecular flexibility index (Phi) is 12.4. The summed E-state index contributed by atoms with van der Waals surface area (Å²) in [6.07, 6.45) is 0. The van der Waals surface area contributed by atoms with Crippen molar-refractivity contribution >= 4 is 101 Å². The molecule has 1 aliphatic rings. The molecule has 0 aliphatic carbocycles. The fourth-order valence-corrected chi connectivity index (χ4v) is 8.89. The third kappa shape index (κ3) is 8.64. The minimum atomic E-state index is -1.06. The van der Waals surface area contributed by atoms with E-state index in [1.165, 1.54) is 19.8 Å². The van der Waals surface area contributed by atoms with Crippen LogP contribution in [-0.2, 0) is 0 Å². The van der Waals surface area contributed by atoms with E-state index in [1.54, 1.807) is 121 Å². The topological polar surface area (TPSA) is 296 Å². The number of benzene rings is 8. The van der Waals surface area contributed by atoms with Crippen LogP contribution in [0.4, 0.5) is 79.6 Å². The highest BCUT2D eigenvalue weighted by Gasteiger charge is 2.45. The van der Waals surface area contributed by atoms with Crippen molar-refractivity contribution in [3.8, 4) is 0 Å². The molecule has 0 aromatic heterocycles. The summed E-state index contributed by atoms with van der Waals surface area (Å²) in [6, 6.07) is 42.5. The first-order valence-electron chi connectivity index (χ1n) is 21.7. The third-order valence-corrected chi connectivity index (χ3v) is 12.0. The molecule has 8 aromatic carbocycles. The Morgan fingerprint density at radius 1 is 0.375 bits per heavy atom. The first-order chi connectivity index (χ1) is 34.7. The zero-order chi connectivity index (χ0) is 50.8. The van der Waals surface area contributed by atoms with Crippen molar-refractivity contribution in [2.45, 2.75) is 0 Å². The molecule has 8 aromatic rings. The van der Waals surface area contributed by atoms with Gasteiger partial charge in [0.2, 0.25) is 11.4 Å². The molecule has 1 heterocycles. The van der Waals surface area contributed by atoms with Crippen molar-refractivity contribution in [2.75, 3.05) is 56.8 Å². The number of hydrogen-bond acceptors (Lipinski definition) is 18. The normalized spacial score (nSPS) is 12.3. The predicted molar refractivity (Wildman–Crippen MR) is 270 cm³/mol. The first-order valence-corrected chi connectivity index (χ1v) is 21.7. The molecular formula is C48H36N12O12. The van der Waals surface area contributed by atoms with Gasteiger partial charge in [-0.15, -0.1) is 0 Å². The van der Waals surface area contributed by atoms with E-state index in [-0.39, 0.29) is 0 Å². The van der Waals surface area contributed by atoms with Crippen molar-refractivity contribution < 1.29 is 29.5 Å². The molecule has 0 atom stereocenters. The number of hydrogen-bond donors (Lipinski definition) is 2. The minimum absolute atomic E-state index is 0.370. The van der Waals surface area contributed by atoms with Crippen LogP contribution < -0.4 is 30.7 Å². The van der Waals surface area contributed by atoms with Gasteiger partial charge in [0.25, 0.3) is 0 Å². The number of nitro benzene ring substituents is 6. The lowest BCUT2D eigenvalue weighted by molar-refractivity contribution is -0.401. The Morgan fingerprint density at radius 3 is 1.03 bits per heavy atom. The van der Waals surface area contributed by atoms with Gasteiger partial charge in [-0.05, 0) is 47.2 Å². The monoisotopic (exact) mass is 972 g/mol. The van der Waals surface area contributed by atoms with E-state index in [4.69, 9.17) is 0 Å². The zero-order valence-corrected chi connectivity index (χ0v) is 37.2. The molecule has 360 valence electrons. The van der Waals surface area contributed by atoms with Crippen LogP contribution >= 0.6 is 0 Å². The molecule has 24 heteroatoms. The van der Waals surface area contributed by atoms with Crippen molar-refractivity contribution in [1.29, 1.82) is 0 Å². The van der Waals surface area contributed by atoms with E-state index >= 15 is 0 Å². The van der Waals surface area contributed by atoms with Crippen molar-refractivity contribution in [2.24, 2.45) is 0 Å². The van der Waals surface area contributed by atoms with E-state index < -0.39 is 113 Å². The summed E-state index contributed by atoms with van der Waals surface area (Å²) < 4.78 is 0. The van der Waals surface area contributed by atoms with E-state index in [2.05, 4.69) is 10.9 Å². The molecule has 2 N–H and O–H groups in total. The Morgan fingerprint density at radius 2 is 0.694 bits per heavy atom. The van der Waals surface area contributed by atoms with Gasteiger partial charge in [-0.2, -0.15) is 0 Å². The molecule has 0 spiro atoms. The van der Waals surface area contributed by atoms with Crippen LogP contribution in [-0.4, -0.2) is 55.7 Å². The largest absolute Gasteiger partial charge is 0.357 e. The van der Waals surface area contributed by atoms with E-state index in [0.717, 1.165) is 10.8 Å². The number of fused-ring (bicyclic) bond motifs is 2. The lowest BCUT2D eigenvalue weighted by Gasteiger charge is -2.36. The molecule has 0 saturated carbocycles. The predicted octanol–water partition coefficient (Wildman–Crippen LogP) is 11.1. The summed E-state index contributed by atoms with van der Waals surface area (Å²) >= 11 is 0. The van der Waals surface area contributed by atoms with Crippen molar-refractivity contribution in [3.63, 3.8) is 0 Å². The maximum absolute atomic E-state index is 13.4. The fraction of sp³-hybridized carbons (Fsp3) is 0.0833. The molecule has 24 nitrogen and oxygen atoms in total. The molecule has 0 bridgehead atoms. The van der Waals surface area contributed by atoms with Crippen molar-refractivity contribution in [1.82, 2.24) is 0 Å². The molecule has 9 rings (SSSR count). The summed E-state index contributed by atoms with van der Waals surface area (Å²) in [5.41, 5.74) is -1.66. The van der Waals surface area contributed by atoms with Crippen LogP contribution in [0.25, 0.3) is 21.5 Å². The summed E-state index contributed by atoms with van der Waals surface area (Å²) in [6.45, 7) is -1.76. The second-order valence-corrected chi connectivity index (χ2v) is 16.1. The van der Waals surface area contributed by atoms with Gasteiger partial charge >= 0.3 is 34.1 Å². The van der Waals surface area contributed by atoms with Gasteiger partial charge < -0.3 is 9.80 Å². The number of anilines is 8. The van der Waals surface area contributed by atoms with Crippen LogP contribution in [0.3, 0.4) is 0 Å². The lowest BCUT2D eigenvalue weighted by atomic mass is 10.1. The number of hydrazine groups is 2. The molecular weight excluding hydrogens is 937 g/mol. The van der Waals surface area contributed by atoms with Crippen LogP contribution in [0.2, 0.25) is 0 Å². The summed E-state index contributed by atoms with van der Waals surface area (Å²) in [7, 11) is 0. The van der Waals surface area contributed by atoms with Crippen LogP contribution in [0.1, 0.15) is 0 Å². The third-order valence-electron chi connectivity index (χ3n) is 12.0. The first kappa shape index (κ1) is 46.6. The second-order valence-electron chi connectivity index (χ2n) is 16.1.